The summed E-state index contributed by atoms with van der Waals surface area (Å²) in [6, 6.07) is 25.1. The van der Waals surface area contributed by atoms with Crippen molar-refractivity contribution in [3.05, 3.63) is 84.9 Å². The van der Waals surface area contributed by atoms with Crippen LogP contribution in [0.5, 0.6) is 34.5 Å². The third-order valence-electron chi connectivity index (χ3n) is 4.00. The SMILES string of the molecule is Oc1c(Oc2ccccc2)c(Oc2ccccc2)c(O)c2ccccc12. The molecule has 0 heterocycles. The lowest BCUT2D eigenvalue weighted by Crippen LogP contribution is -1.93. The van der Waals surface area contributed by atoms with Crippen LogP contribution in [0.2, 0.25) is 0 Å². The second kappa shape index (κ2) is 6.69. The average Bonchev–Trinajstić information content (AvgIpc) is 2.70. The number of hydrogen-bond donors (Lipinski definition) is 2. The quantitative estimate of drug-likeness (QED) is 0.457. The van der Waals surface area contributed by atoms with Crippen molar-refractivity contribution in [2.75, 3.05) is 0 Å². The van der Waals surface area contributed by atoms with E-state index in [9.17, 15) is 10.2 Å². The zero-order chi connectivity index (χ0) is 17.9. The lowest BCUT2D eigenvalue weighted by molar-refractivity contribution is 0.364. The molecule has 0 spiro atoms. The third kappa shape index (κ3) is 2.89. The van der Waals surface area contributed by atoms with Crippen LogP contribution >= 0.6 is 0 Å². The standard InChI is InChI=1S/C22H16O4/c23-19-17-13-7-8-14-18(17)20(24)22(26-16-11-5-2-6-12-16)21(19)25-15-9-3-1-4-10-15/h1-14,23-24H. The Bertz CT molecular complexity index is 958. The molecule has 0 amide bonds. The van der Waals surface area contributed by atoms with Crippen LogP contribution in [0, 0.1) is 0 Å². The second-order valence-electron chi connectivity index (χ2n) is 5.73. The summed E-state index contributed by atoms with van der Waals surface area (Å²) in [4.78, 5) is 0. The van der Waals surface area contributed by atoms with Crippen LogP contribution in [0.15, 0.2) is 84.9 Å². The van der Waals surface area contributed by atoms with E-state index in [1.54, 1.807) is 48.5 Å². The van der Waals surface area contributed by atoms with Gasteiger partial charge in [0.05, 0.1) is 0 Å². The molecule has 0 aliphatic rings. The molecular weight excluding hydrogens is 328 g/mol. The fourth-order valence-corrected chi connectivity index (χ4v) is 2.76. The maximum absolute atomic E-state index is 10.8. The van der Waals surface area contributed by atoms with Gasteiger partial charge in [-0.3, -0.25) is 0 Å². The molecule has 0 saturated heterocycles. The Morgan fingerprint density at radius 2 is 0.808 bits per heavy atom. The smallest absolute Gasteiger partial charge is 0.216 e. The number of rotatable bonds is 4. The lowest BCUT2D eigenvalue weighted by atomic mass is 10.1. The predicted molar refractivity (Wildman–Crippen MR) is 100 cm³/mol. The van der Waals surface area contributed by atoms with Gasteiger partial charge in [-0.2, -0.15) is 0 Å². The van der Waals surface area contributed by atoms with Crippen molar-refractivity contribution in [2.24, 2.45) is 0 Å². The van der Waals surface area contributed by atoms with Gasteiger partial charge >= 0.3 is 0 Å². The van der Waals surface area contributed by atoms with Gasteiger partial charge in [-0.05, 0) is 24.3 Å². The fourth-order valence-electron chi connectivity index (χ4n) is 2.76. The van der Waals surface area contributed by atoms with Crippen molar-refractivity contribution in [1.29, 1.82) is 0 Å². The van der Waals surface area contributed by atoms with Crippen LogP contribution in [0.1, 0.15) is 0 Å². The van der Waals surface area contributed by atoms with Crippen LogP contribution in [-0.4, -0.2) is 10.2 Å². The van der Waals surface area contributed by atoms with Crippen molar-refractivity contribution in [2.45, 2.75) is 0 Å². The first-order valence-corrected chi connectivity index (χ1v) is 8.16. The van der Waals surface area contributed by atoms with Gasteiger partial charge in [-0.25, -0.2) is 0 Å². The first kappa shape index (κ1) is 15.8. The van der Waals surface area contributed by atoms with Gasteiger partial charge in [-0.15, -0.1) is 0 Å². The molecule has 0 saturated carbocycles. The van der Waals surface area contributed by atoms with Crippen molar-refractivity contribution in [3.63, 3.8) is 0 Å². The van der Waals surface area contributed by atoms with Gasteiger partial charge in [0.2, 0.25) is 11.5 Å². The van der Waals surface area contributed by atoms with E-state index >= 15 is 0 Å². The fraction of sp³-hybridized carbons (Fsp3) is 0. The summed E-state index contributed by atoms with van der Waals surface area (Å²) in [5.41, 5.74) is 0. The highest BCUT2D eigenvalue weighted by atomic mass is 16.5. The summed E-state index contributed by atoms with van der Waals surface area (Å²) in [7, 11) is 0. The topological polar surface area (TPSA) is 58.9 Å². The molecule has 0 aliphatic carbocycles. The zero-order valence-corrected chi connectivity index (χ0v) is 13.8. The van der Waals surface area contributed by atoms with Gasteiger partial charge in [0, 0.05) is 10.8 Å². The number of aromatic hydroxyl groups is 2. The minimum atomic E-state index is -0.0896. The lowest BCUT2D eigenvalue weighted by Gasteiger charge is -2.17. The molecule has 2 N–H and O–H groups in total. The highest BCUT2D eigenvalue weighted by Gasteiger charge is 2.23. The van der Waals surface area contributed by atoms with E-state index in [0.29, 0.717) is 22.3 Å². The van der Waals surface area contributed by atoms with E-state index in [1.807, 2.05) is 36.4 Å². The van der Waals surface area contributed by atoms with E-state index in [1.165, 1.54) is 0 Å². The third-order valence-corrected chi connectivity index (χ3v) is 4.00. The number of phenolic OH excluding ortho intramolecular Hbond substituents is 2. The highest BCUT2D eigenvalue weighted by Crippen LogP contribution is 2.52. The van der Waals surface area contributed by atoms with Gasteiger partial charge in [0.1, 0.15) is 11.5 Å². The normalized spacial score (nSPS) is 10.6. The minimum Gasteiger partial charge on any atom is -0.504 e. The summed E-state index contributed by atoms with van der Waals surface area (Å²) in [6.45, 7) is 0. The maximum Gasteiger partial charge on any atom is 0.216 e. The molecule has 0 aromatic heterocycles. The first-order valence-electron chi connectivity index (χ1n) is 8.16. The van der Waals surface area contributed by atoms with E-state index in [0.717, 1.165) is 0 Å². The van der Waals surface area contributed by atoms with Crippen LogP contribution in [-0.2, 0) is 0 Å². The molecule has 4 nitrogen and oxygen atoms in total. The summed E-state index contributed by atoms with van der Waals surface area (Å²) in [6.07, 6.45) is 0. The number of para-hydroxylation sites is 2. The van der Waals surface area contributed by atoms with Crippen molar-refractivity contribution in [3.8, 4) is 34.5 Å². The minimum absolute atomic E-state index is 0.0660. The van der Waals surface area contributed by atoms with Crippen LogP contribution in [0.4, 0.5) is 0 Å². The van der Waals surface area contributed by atoms with Gasteiger partial charge in [0.15, 0.2) is 11.5 Å². The predicted octanol–water partition coefficient (Wildman–Crippen LogP) is 5.84. The Kier molecular flexibility index (Phi) is 4.07. The Morgan fingerprint density at radius 3 is 1.19 bits per heavy atom. The molecule has 0 aliphatic heterocycles. The molecule has 128 valence electrons. The second-order valence-corrected chi connectivity index (χ2v) is 5.73. The summed E-state index contributed by atoms with van der Waals surface area (Å²) < 4.78 is 11.7. The van der Waals surface area contributed by atoms with Crippen molar-refractivity contribution < 1.29 is 19.7 Å². The zero-order valence-electron chi connectivity index (χ0n) is 13.8. The summed E-state index contributed by atoms with van der Waals surface area (Å²) in [5, 5.41) is 22.5. The highest BCUT2D eigenvalue weighted by molar-refractivity contribution is 5.98. The van der Waals surface area contributed by atoms with Gasteiger partial charge in [-0.1, -0.05) is 60.7 Å². The molecule has 26 heavy (non-hydrogen) atoms. The van der Waals surface area contributed by atoms with E-state index in [2.05, 4.69) is 0 Å². The Labute approximate surface area is 150 Å². The number of fused-ring (bicyclic) bond motifs is 1. The molecule has 4 aromatic rings. The Hall–Kier alpha value is -3.66. The molecule has 4 aromatic carbocycles. The number of hydrogen-bond acceptors (Lipinski definition) is 4. The van der Waals surface area contributed by atoms with E-state index in [4.69, 9.17) is 9.47 Å². The molecule has 0 atom stereocenters. The van der Waals surface area contributed by atoms with Crippen LogP contribution in [0.25, 0.3) is 10.8 Å². The molecule has 4 heteroatoms. The molecule has 0 fully saturated rings. The summed E-state index contributed by atoms with van der Waals surface area (Å²) >= 11 is 0. The van der Waals surface area contributed by atoms with Crippen molar-refractivity contribution >= 4 is 10.8 Å². The molecule has 0 unspecified atom stereocenters. The monoisotopic (exact) mass is 344 g/mol. The Balaban J connectivity index is 1.91. The largest absolute Gasteiger partial charge is 0.504 e. The average molecular weight is 344 g/mol. The van der Waals surface area contributed by atoms with Crippen molar-refractivity contribution in [1.82, 2.24) is 0 Å². The molecule has 0 radical (unpaired) electrons. The van der Waals surface area contributed by atoms with E-state index < -0.39 is 0 Å². The Morgan fingerprint density at radius 1 is 0.462 bits per heavy atom. The van der Waals surface area contributed by atoms with Crippen LogP contribution < -0.4 is 9.47 Å². The van der Waals surface area contributed by atoms with Gasteiger partial charge < -0.3 is 19.7 Å². The summed E-state index contributed by atoms with van der Waals surface area (Å²) in [5.74, 6) is 1.000. The van der Waals surface area contributed by atoms with E-state index in [-0.39, 0.29) is 23.0 Å². The van der Waals surface area contributed by atoms with Gasteiger partial charge in [0.25, 0.3) is 0 Å². The molecule has 4 rings (SSSR count). The number of ether oxygens (including phenoxy) is 2. The van der Waals surface area contributed by atoms with Crippen LogP contribution in [0.3, 0.4) is 0 Å². The maximum atomic E-state index is 10.8. The molecule has 0 bridgehead atoms. The first-order chi connectivity index (χ1) is 12.7. The number of phenols is 2. The number of benzene rings is 4. The molecular formula is C22H16O4.